The second-order valence-corrected chi connectivity index (χ2v) is 9.89. The van der Waals surface area contributed by atoms with Crippen LogP contribution in [0.25, 0.3) is 0 Å². The van der Waals surface area contributed by atoms with E-state index in [4.69, 9.17) is 16.3 Å². The average molecular weight is 501 g/mol. The molecule has 34 heavy (non-hydrogen) atoms. The van der Waals surface area contributed by atoms with Crippen molar-refractivity contribution in [2.45, 2.75) is 12.8 Å². The number of hydrogen-bond acceptors (Lipinski definition) is 5. The summed E-state index contributed by atoms with van der Waals surface area (Å²) in [6, 6.07) is 20.2. The van der Waals surface area contributed by atoms with E-state index in [2.05, 4.69) is 5.32 Å². The van der Waals surface area contributed by atoms with Crippen LogP contribution in [-0.4, -0.2) is 40.0 Å². The van der Waals surface area contributed by atoms with Crippen LogP contribution in [0.3, 0.4) is 0 Å². The molecule has 3 aromatic rings. The molecule has 0 aliphatic rings. The number of nitrogens with zero attached hydrogens (tertiary/aromatic N) is 1. The van der Waals surface area contributed by atoms with E-state index in [-0.39, 0.29) is 36.6 Å². The van der Waals surface area contributed by atoms with E-state index in [0.29, 0.717) is 27.7 Å². The lowest BCUT2D eigenvalue weighted by Crippen LogP contribution is -2.31. The van der Waals surface area contributed by atoms with E-state index in [1.54, 1.807) is 60.7 Å². The highest BCUT2D eigenvalue weighted by Gasteiger charge is 2.21. The number of methoxy groups -OCH3 is 1. The van der Waals surface area contributed by atoms with Crippen molar-refractivity contribution in [2.75, 3.05) is 29.5 Å². The first-order valence-corrected chi connectivity index (χ1v) is 12.7. The summed E-state index contributed by atoms with van der Waals surface area (Å²) in [5, 5.41) is 3.13. The van der Waals surface area contributed by atoms with Crippen molar-refractivity contribution >= 4 is 44.7 Å². The summed E-state index contributed by atoms with van der Waals surface area (Å²) >= 11 is 6.09. The number of halogens is 1. The number of ketones is 1. The highest BCUT2D eigenvalue weighted by atomic mass is 35.5. The predicted molar refractivity (Wildman–Crippen MR) is 134 cm³/mol. The maximum absolute atomic E-state index is 12.9. The van der Waals surface area contributed by atoms with Crippen LogP contribution in [-0.2, 0) is 14.8 Å². The maximum Gasteiger partial charge on any atom is 0.232 e. The molecule has 0 aliphatic heterocycles. The number of hydrogen-bond donors (Lipinski definition) is 1. The van der Waals surface area contributed by atoms with Crippen LogP contribution in [0.5, 0.6) is 5.75 Å². The van der Waals surface area contributed by atoms with Gasteiger partial charge in [0.1, 0.15) is 5.75 Å². The molecule has 3 rings (SSSR count). The fraction of sp³-hybridized carbons (Fsp3) is 0.200. The smallest absolute Gasteiger partial charge is 0.232 e. The number of ether oxygens (including phenoxy) is 1. The van der Waals surface area contributed by atoms with E-state index < -0.39 is 10.0 Å². The Morgan fingerprint density at radius 2 is 1.68 bits per heavy atom. The average Bonchev–Trinajstić information content (AvgIpc) is 2.82. The number of benzene rings is 3. The minimum absolute atomic E-state index is 0.0444. The van der Waals surface area contributed by atoms with Crippen molar-refractivity contribution in [3.05, 3.63) is 88.9 Å². The molecule has 0 fully saturated rings. The van der Waals surface area contributed by atoms with Crippen molar-refractivity contribution in [2.24, 2.45) is 0 Å². The molecule has 0 spiro atoms. The number of anilines is 2. The minimum atomic E-state index is -3.60. The Morgan fingerprint density at radius 3 is 2.35 bits per heavy atom. The molecule has 0 aliphatic carbocycles. The molecule has 0 radical (unpaired) electrons. The largest absolute Gasteiger partial charge is 0.495 e. The zero-order valence-corrected chi connectivity index (χ0v) is 20.4. The van der Waals surface area contributed by atoms with Crippen LogP contribution in [0.2, 0.25) is 5.02 Å². The molecule has 0 atom stereocenters. The Hall–Kier alpha value is -3.36. The fourth-order valence-electron chi connectivity index (χ4n) is 3.46. The summed E-state index contributed by atoms with van der Waals surface area (Å²) in [4.78, 5) is 25.6. The van der Waals surface area contributed by atoms with E-state index >= 15 is 0 Å². The van der Waals surface area contributed by atoms with Crippen molar-refractivity contribution in [1.29, 1.82) is 0 Å². The molecule has 3 aromatic carbocycles. The third kappa shape index (κ3) is 6.36. The van der Waals surface area contributed by atoms with Crippen LogP contribution < -0.4 is 14.4 Å². The monoisotopic (exact) mass is 500 g/mol. The van der Waals surface area contributed by atoms with Gasteiger partial charge in [-0.3, -0.25) is 13.9 Å². The minimum Gasteiger partial charge on any atom is -0.495 e. The van der Waals surface area contributed by atoms with Gasteiger partial charge in [0.15, 0.2) is 5.78 Å². The number of sulfonamides is 1. The highest BCUT2D eigenvalue weighted by molar-refractivity contribution is 7.92. The normalized spacial score (nSPS) is 11.0. The summed E-state index contributed by atoms with van der Waals surface area (Å²) in [6.07, 6.45) is 1.41. The first kappa shape index (κ1) is 25.3. The lowest BCUT2D eigenvalue weighted by Gasteiger charge is -2.24. The van der Waals surface area contributed by atoms with Gasteiger partial charge in [-0.2, -0.15) is 0 Å². The van der Waals surface area contributed by atoms with Gasteiger partial charge < -0.3 is 10.1 Å². The molecule has 7 nitrogen and oxygen atoms in total. The molecule has 0 aromatic heterocycles. The van der Waals surface area contributed by atoms with Crippen LogP contribution in [0.15, 0.2) is 72.8 Å². The van der Waals surface area contributed by atoms with Gasteiger partial charge in [0, 0.05) is 29.1 Å². The van der Waals surface area contributed by atoms with Crippen molar-refractivity contribution in [3.8, 4) is 5.75 Å². The number of amides is 1. The second kappa shape index (κ2) is 11.2. The van der Waals surface area contributed by atoms with E-state index in [9.17, 15) is 18.0 Å². The molecule has 0 bridgehead atoms. The Kier molecular flexibility index (Phi) is 8.31. The summed E-state index contributed by atoms with van der Waals surface area (Å²) < 4.78 is 31.2. The molecule has 1 N–H and O–H groups in total. The number of carbonyl (C=O) groups is 2. The standard InChI is InChI=1S/C25H25ClN2O5S/c1-33-23-12-7-6-11-22(23)28(34(2,31)32)16-8-13-24(29)27-21-15-14-19(26)17-20(21)25(30)18-9-4-3-5-10-18/h3-7,9-12,14-15,17H,8,13,16H2,1-2H3,(H,27,29). The molecule has 1 amide bonds. The Labute approximate surface area is 204 Å². The Bertz CT molecular complexity index is 1280. The van der Waals surface area contributed by atoms with E-state index in [1.807, 2.05) is 6.07 Å². The fourth-order valence-corrected chi connectivity index (χ4v) is 4.60. The van der Waals surface area contributed by atoms with Crippen molar-refractivity contribution in [1.82, 2.24) is 0 Å². The molecular formula is C25H25ClN2O5S. The van der Waals surface area contributed by atoms with Gasteiger partial charge in [0.05, 0.1) is 24.7 Å². The molecule has 0 saturated carbocycles. The number of para-hydroxylation sites is 2. The molecular weight excluding hydrogens is 476 g/mol. The molecule has 178 valence electrons. The van der Waals surface area contributed by atoms with Gasteiger partial charge in [0.2, 0.25) is 15.9 Å². The zero-order valence-electron chi connectivity index (χ0n) is 18.8. The van der Waals surface area contributed by atoms with Crippen LogP contribution >= 0.6 is 11.6 Å². The van der Waals surface area contributed by atoms with Crippen LogP contribution in [0.1, 0.15) is 28.8 Å². The first-order chi connectivity index (χ1) is 16.2. The van der Waals surface area contributed by atoms with Gasteiger partial charge in [-0.15, -0.1) is 0 Å². The molecule has 9 heteroatoms. The number of carbonyl (C=O) groups excluding carboxylic acids is 2. The SMILES string of the molecule is COc1ccccc1N(CCCC(=O)Nc1ccc(Cl)cc1C(=O)c1ccccc1)S(C)(=O)=O. The Balaban J connectivity index is 1.71. The molecule has 0 heterocycles. The summed E-state index contributed by atoms with van der Waals surface area (Å²) in [7, 11) is -2.13. The quantitative estimate of drug-likeness (QED) is 0.405. The van der Waals surface area contributed by atoms with Gasteiger partial charge in [0.25, 0.3) is 0 Å². The Morgan fingerprint density at radius 1 is 1.00 bits per heavy atom. The molecule has 0 unspecified atom stereocenters. The van der Waals surface area contributed by atoms with Gasteiger partial charge in [-0.1, -0.05) is 54.1 Å². The molecule has 0 saturated heterocycles. The van der Waals surface area contributed by atoms with Gasteiger partial charge in [-0.05, 0) is 36.8 Å². The summed E-state index contributed by atoms with van der Waals surface area (Å²) in [6.45, 7) is 0.0864. The summed E-state index contributed by atoms with van der Waals surface area (Å²) in [5.41, 5.74) is 1.49. The van der Waals surface area contributed by atoms with Crippen LogP contribution in [0.4, 0.5) is 11.4 Å². The predicted octanol–water partition coefficient (Wildman–Crippen LogP) is 4.76. The van der Waals surface area contributed by atoms with Crippen molar-refractivity contribution in [3.63, 3.8) is 0 Å². The first-order valence-electron chi connectivity index (χ1n) is 10.5. The third-order valence-electron chi connectivity index (χ3n) is 5.06. The number of nitrogens with one attached hydrogen (secondary N) is 1. The topological polar surface area (TPSA) is 92.8 Å². The van der Waals surface area contributed by atoms with Gasteiger partial charge in [-0.25, -0.2) is 8.42 Å². The maximum atomic E-state index is 12.9. The van der Waals surface area contributed by atoms with Crippen molar-refractivity contribution < 1.29 is 22.7 Å². The lowest BCUT2D eigenvalue weighted by molar-refractivity contribution is -0.116. The summed E-state index contributed by atoms with van der Waals surface area (Å²) in [5.74, 6) is -0.196. The second-order valence-electron chi connectivity index (χ2n) is 7.54. The van der Waals surface area contributed by atoms with Crippen LogP contribution in [0, 0.1) is 0 Å². The van der Waals surface area contributed by atoms with E-state index in [1.165, 1.54) is 17.5 Å². The third-order valence-corrected chi connectivity index (χ3v) is 6.47. The number of rotatable bonds is 10. The highest BCUT2D eigenvalue weighted by Crippen LogP contribution is 2.30. The lowest BCUT2D eigenvalue weighted by atomic mass is 10.0. The zero-order chi connectivity index (χ0) is 24.7. The van der Waals surface area contributed by atoms with Gasteiger partial charge >= 0.3 is 0 Å². The van der Waals surface area contributed by atoms with E-state index in [0.717, 1.165) is 6.26 Å².